The zero-order chi connectivity index (χ0) is 22.5. The number of carbonyl (C=O) groups excluding carboxylic acids is 1. The molecule has 0 saturated heterocycles. The van der Waals surface area contributed by atoms with Gasteiger partial charge in [-0.1, -0.05) is 40.2 Å². The first-order chi connectivity index (χ1) is 15.5. The Morgan fingerprint density at radius 2 is 2.22 bits per heavy atom. The lowest BCUT2D eigenvalue weighted by atomic mass is 10.1. The van der Waals surface area contributed by atoms with Gasteiger partial charge in [0.05, 0.1) is 24.6 Å². The molecule has 32 heavy (non-hydrogen) atoms. The van der Waals surface area contributed by atoms with Gasteiger partial charge >= 0.3 is 0 Å². The second kappa shape index (κ2) is 9.84. The van der Waals surface area contributed by atoms with Crippen molar-refractivity contribution in [2.45, 2.75) is 19.1 Å². The van der Waals surface area contributed by atoms with Crippen molar-refractivity contribution in [3.63, 3.8) is 0 Å². The number of carbonyl (C=O) groups is 1. The summed E-state index contributed by atoms with van der Waals surface area (Å²) >= 11 is 3.46. The van der Waals surface area contributed by atoms with E-state index in [1.807, 2.05) is 36.5 Å². The minimum atomic E-state index is -0.409. The van der Waals surface area contributed by atoms with Gasteiger partial charge in [-0.2, -0.15) is 5.10 Å². The van der Waals surface area contributed by atoms with E-state index in [1.54, 1.807) is 6.21 Å². The molecule has 3 aromatic rings. The highest BCUT2D eigenvalue weighted by Gasteiger charge is 2.10. The summed E-state index contributed by atoms with van der Waals surface area (Å²) in [6.45, 7) is 1.34. The highest BCUT2D eigenvalue weighted by molar-refractivity contribution is 9.11. The number of halogens is 1. The Labute approximate surface area is 194 Å². The SMILES string of the molecule is Nc1cc(C(=O)N/N=C/c2cccc3c2ccn3CCOC2C=CC(Br)=CC2)ccc1O. The lowest BCUT2D eigenvalue weighted by molar-refractivity contribution is 0.0807. The van der Waals surface area contributed by atoms with Crippen molar-refractivity contribution in [2.24, 2.45) is 5.10 Å². The van der Waals surface area contributed by atoms with E-state index in [4.69, 9.17) is 10.5 Å². The summed E-state index contributed by atoms with van der Waals surface area (Å²) in [4.78, 5) is 12.2. The molecule has 1 heterocycles. The molecule has 0 bridgehead atoms. The Morgan fingerprint density at radius 1 is 1.34 bits per heavy atom. The summed E-state index contributed by atoms with van der Waals surface area (Å²) in [6.07, 6.45) is 10.8. The first kappa shape index (κ1) is 21.9. The number of phenols is 1. The van der Waals surface area contributed by atoms with Crippen LogP contribution in [0.15, 0.2) is 76.5 Å². The molecule has 0 radical (unpaired) electrons. The van der Waals surface area contributed by atoms with E-state index in [0.717, 1.165) is 33.9 Å². The van der Waals surface area contributed by atoms with Crippen molar-refractivity contribution >= 4 is 44.6 Å². The number of anilines is 1. The van der Waals surface area contributed by atoms with Crippen molar-refractivity contribution in [3.8, 4) is 5.75 Å². The molecule has 1 aliphatic rings. The van der Waals surface area contributed by atoms with Crippen LogP contribution in [0, 0.1) is 0 Å². The van der Waals surface area contributed by atoms with Crippen molar-refractivity contribution in [2.75, 3.05) is 12.3 Å². The van der Waals surface area contributed by atoms with Crippen LogP contribution in [0.2, 0.25) is 0 Å². The van der Waals surface area contributed by atoms with Gasteiger partial charge in [-0.3, -0.25) is 4.79 Å². The fourth-order valence-electron chi connectivity index (χ4n) is 3.48. The van der Waals surface area contributed by atoms with Crippen LogP contribution in [0.4, 0.5) is 5.69 Å². The van der Waals surface area contributed by atoms with Crippen molar-refractivity contribution in [3.05, 3.63) is 82.5 Å². The lowest BCUT2D eigenvalue weighted by Gasteiger charge is -2.16. The van der Waals surface area contributed by atoms with Gasteiger partial charge in [0.2, 0.25) is 0 Å². The molecule has 8 heteroatoms. The maximum absolute atomic E-state index is 12.2. The number of aromatic hydroxyl groups is 1. The number of fused-ring (bicyclic) bond motifs is 1. The highest BCUT2D eigenvalue weighted by Crippen LogP contribution is 2.21. The predicted molar refractivity (Wildman–Crippen MR) is 130 cm³/mol. The van der Waals surface area contributed by atoms with Gasteiger partial charge < -0.3 is 20.1 Å². The number of amides is 1. The van der Waals surface area contributed by atoms with Crippen molar-refractivity contribution in [1.82, 2.24) is 9.99 Å². The molecular formula is C24H23BrN4O3. The number of aromatic nitrogens is 1. The van der Waals surface area contributed by atoms with Crippen molar-refractivity contribution in [1.29, 1.82) is 0 Å². The zero-order valence-electron chi connectivity index (χ0n) is 17.2. The fourth-order valence-corrected chi connectivity index (χ4v) is 3.82. The summed E-state index contributed by atoms with van der Waals surface area (Å²) in [6, 6.07) is 12.2. The Morgan fingerprint density at radius 3 is 3.00 bits per heavy atom. The first-order valence-corrected chi connectivity index (χ1v) is 11.0. The zero-order valence-corrected chi connectivity index (χ0v) is 18.8. The first-order valence-electron chi connectivity index (χ1n) is 10.2. The van der Waals surface area contributed by atoms with E-state index in [2.05, 4.69) is 43.2 Å². The van der Waals surface area contributed by atoms with Gasteiger partial charge in [0, 0.05) is 39.3 Å². The fraction of sp³-hybridized carbons (Fsp3) is 0.167. The number of benzene rings is 2. The number of hydrogen-bond acceptors (Lipinski definition) is 5. The van der Waals surface area contributed by atoms with E-state index in [9.17, 15) is 9.90 Å². The third kappa shape index (κ3) is 5.09. The molecule has 2 aromatic carbocycles. The van der Waals surface area contributed by atoms with Crippen LogP contribution in [-0.2, 0) is 11.3 Å². The standard InChI is InChI=1S/C24H23BrN4O3/c25-18-5-7-19(8-6-18)32-13-12-29-11-10-20-17(2-1-3-22(20)29)15-27-28-24(31)16-4-9-23(30)21(26)14-16/h1-7,9-11,14-15,19,30H,8,12-13,26H2,(H,28,31)/b27-15+. The number of rotatable bonds is 7. The van der Waals surface area contributed by atoms with Crippen LogP contribution in [-0.4, -0.2) is 34.5 Å². The number of hydrogen-bond donors (Lipinski definition) is 3. The average molecular weight is 495 g/mol. The van der Waals surface area contributed by atoms with Gasteiger partial charge in [-0.25, -0.2) is 5.43 Å². The number of allylic oxidation sites excluding steroid dienone is 2. The average Bonchev–Trinajstić information content (AvgIpc) is 3.21. The van der Waals surface area contributed by atoms with Crippen LogP contribution in [0.1, 0.15) is 22.3 Å². The number of nitrogens with one attached hydrogen (secondary N) is 1. The Kier molecular flexibility index (Phi) is 6.72. The van der Waals surface area contributed by atoms with Gasteiger partial charge in [-0.15, -0.1) is 0 Å². The minimum Gasteiger partial charge on any atom is -0.506 e. The monoisotopic (exact) mass is 494 g/mol. The Balaban J connectivity index is 1.38. The Bertz CT molecular complexity index is 1230. The van der Waals surface area contributed by atoms with E-state index in [-0.39, 0.29) is 17.5 Å². The molecule has 164 valence electrons. The van der Waals surface area contributed by atoms with Gasteiger partial charge in [0.25, 0.3) is 5.91 Å². The molecular weight excluding hydrogens is 472 g/mol. The molecule has 0 spiro atoms. The van der Waals surface area contributed by atoms with E-state index >= 15 is 0 Å². The van der Waals surface area contributed by atoms with Crippen molar-refractivity contribution < 1.29 is 14.6 Å². The molecule has 0 fully saturated rings. The maximum atomic E-state index is 12.2. The number of phenolic OH excluding ortho intramolecular Hbond substituents is 1. The second-order valence-corrected chi connectivity index (χ2v) is 8.27. The minimum absolute atomic E-state index is 0.0632. The molecule has 4 N–H and O–H groups in total. The van der Waals surface area contributed by atoms with Crippen LogP contribution < -0.4 is 11.2 Å². The quantitative estimate of drug-likeness (QED) is 0.197. The number of ether oxygens (including phenoxy) is 1. The highest BCUT2D eigenvalue weighted by atomic mass is 79.9. The molecule has 1 amide bonds. The normalized spacial score (nSPS) is 15.9. The third-order valence-electron chi connectivity index (χ3n) is 5.19. The molecule has 4 rings (SSSR count). The largest absolute Gasteiger partial charge is 0.506 e. The second-order valence-electron chi connectivity index (χ2n) is 7.35. The summed E-state index contributed by atoms with van der Waals surface area (Å²) < 4.78 is 9.19. The molecule has 0 saturated carbocycles. The van der Waals surface area contributed by atoms with Crippen LogP contribution in [0.5, 0.6) is 5.75 Å². The smallest absolute Gasteiger partial charge is 0.271 e. The van der Waals surface area contributed by atoms with E-state index in [0.29, 0.717) is 12.2 Å². The van der Waals surface area contributed by atoms with Gasteiger partial charge in [0.15, 0.2) is 0 Å². The Hall–Kier alpha value is -3.36. The molecule has 1 atom stereocenters. The molecule has 0 aliphatic heterocycles. The molecule has 1 unspecified atom stereocenters. The maximum Gasteiger partial charge on any atom is 0.271 e. The predicted octanol–water partition coefficient (Wildman–Crippen LogP) is 4.32. The van der Waals surface area contributed by atoms with Crippen LogP contribution in [0.3, 0.4) is 0 Å². The number of nitrogen functional groups attached to an aromatic ring is 1. The van der Waals surface area contributed by atoms with E-state index < -0.39 is 5.91 Å². The van der Waals surface area contributed by atoms with Crippen LogP contribution >= 0.6 is 15.9 Å². The number of nitrogens with two attached hydrogens (primary N) is 1. The molecule has 7 nitrogen and oxygen atoms in total. The molecule has 1 aromatic heterocycles. The summed E-state index contributed by atoms with van der Waals surface area (Å²) in [5.74, 6) is -0.472. The number of nitrogens with zero attached hydrogens (tertiary/aromatic N) is 2. The third-order valence-corrected chi connectivity index (χ3v) is 5.77. The topological polar surface area (TPSA) is 102 Å². The van der Waals surface area contributed by atoms with E-state index in [1.165, 1.54) is 18.2 Å². The van der Waals surface area contributed by atoms with Crippen LogP contribution in [0.25, 0.3) is 10.9 Å². The summed E-state index contributed by atoms with van der Waals surface area (Å²) in [7, 11) is 0. The summed E-state index contributed by atoms with van der Waals surface area (Å²) in [5, 5.41) is 14.6. The number of hydrazone groups is 1. The lowest BCUT2D eigenvalue weighted by Crippen LogP contribution is -2.17. The summed E-state index contributed by atoms with van der Waals surface area (Å²) in [5.41, 5.74) is 10.5. The van der Waals surface area contributed by atoms with Gasteiger partial charge in [0.1, 0.15) is 5.75 Å². The molecule has 1 aliphatic carbocycles. The van der Waals surface area contributed by atoms with Gasteiger partial charge in [-0.05, 0) is 42.8 Å².